The molecule has 10 nitrogen and oxygen atoms in total. The molecule has 2 aliphatic rings. The van der Waals surface area contributed by atoms with E-state index in [0.29, 0.717) is 45.1 Å². The third-order valence-electron chi connectivity index (χ3n) is 7.23. The van der Waals surface area contributed by atoms with Gasteiger partial charge in [-0.05, 0) is 56.5 Å². The number of benzene rings is 2. The summed E-state index contributed by atoms with van der Waals surface area (Å²) in [4.78, 5) is 47.7. The topological polar surface area (TPSA) is 124 Å². The van der Waals surface area contributed by atoms with Gasteiger partial charge in [-0.15, -0.1) is 11.3 Å². The fraction of sp³-hybridized carbons (Fsp3) is 0.290. The summed E-state index contributed by atoms with van der Waals surface area (Å²) in [7, 11) is 0. The first-order chi connectivity index (χ1) is 20.1. The van der Waals surface area contributed by atoms with Crippen molar-refractivity contribution in [1.29, 1.82) is 0 Å². The second-order valence-electron chi connectivity index (χ2n) is 11.4. The Hall–Kier alpha value is -4.48. The lowest BCUT2D eigenvalue weighted by Gasteiger charge is -2.36. The number of urea groups is 1. The molecule has 11 heteroatoms. The number of β-amino-alcohol motifs (C(OH)–C–C–N with tert-alkyl or cyclic N) is 1. The second kappa shape index (κ2) is 10.7. The quantitative estimate of drug-likeness (QED) is 0.280. The van der Waals surface area contributed by atoms with E-state index < -0.39 is 29.7 Å². The summed E-state index contributed by atoms with van der Waals surface area (Å²) >= 11 is 1.18. The van der Waals surface area contributed by atoms with Crippen LogP contribution in [-0.4, -0.2) is 63.9 Å². The van der Waals surface area contributed by atoms with Gasteiger partial charge in [-0.1, -0.05) is 42.5 Å². The van der Waals surface area contributed by atoms with E-state index in [4.69, 9.17) is 4.74 Å². The van der Waals surface area contributed by atoms with Crippen LogP contribution in [0.1, 0.15) is 36.9 Å². The molecule has 6 rings (SSSR count). The summed E-state index contributed by atoms with van der Waals surface area (Å²) in [5, 5.41) is 17.2. The maximum Gasteiger partial charge on any atom is 0.410 e. The van der Waals surface area contributed by atoms with Gasteiger partial charge in [-0.3, -0.25) is 9.69 Å². The zero-order chi connectivity index (χ0) is 29.6. The summed E-state index contributed by atoms with van der Waals surface area (Å²) in [6, 6.07) is 18.5. The minimum absolute atomic E-state index is 0.0413. The maximum atomic E-state index is 13.5. The number of aromatic nitrogens is 1. The Bertz CT molecular complexity index is 1670. The summed E-state index contributed by atoms with van der Waals surface area (Å²) in [6.07, 6.45) is 0.508. The van der Waals surface area contributed by atoms with Crippen molar-refractivity contribution < 1.29 is 24.2 Å². The van der Waals surface area contributed by atoms with E-state index >= 15 is 0 Å². The lowest BCUT2D eigenvalue weighted by molar-refractivity contribution is -0.00406. The van der Waals surface area contributed by atoms with Gasteiger partial charge in [0.15, 0.2) is 0 Å². The average Bonchev–Trinajstić information content (AvgIpc) is 3.33. The van der Waals surface area contributed by atoms with E-state index in [1.54, 1.807) is 37.9 Å². The van der Waals surface area contributed by atoms with E-state index in [2.05, 4.69) is 15.6 Å². The Morgan fingerprint density at radius 3 is 2.48 bits per heavy atom. The number of nitrogens with zero attached hydrogens (tertiary/aromatic N) is 3. The van der Waals surface area contributed by atoms with Crippen molar-refractivity contribution in [2.45, 2.75) is 44.9 Å². The fourth-order valence-corrected chi connectivity index (χ4v) is 6.28. The predicted molar refractivity (Wildman–Crippen MR) is 162 cm³/mol. The summed E-state index contributed by atoms with van der Waals surface area (Å²) in [6.45, 7) is 5.72. The number of aliphatic hydroxyl groups is 1. The van der Waals surface area contributed by atoms with Crippen LogP contribution in [-0.2, 0) is 4.74 Å². The third kappa shape index (κ3) is 5.28. The number of carbonyl (C=O) groups is 3. The largest absolute Gasteiger partial charge is 0.444 e. The van der Waals surface area contributed by atoms with Crippen molar-refractivity contribution in [2.24, 2.45) is 0 Å². The molecular formula is C31H31N5O5S. The number of likely N-dealkylation sites (tertiary alicyclic amines) is 1. The van der Waals surface area contributed by atoms with Crippen LogP contribution in [0, 0.1) is 0 Å². The van der Waals surface area contributed by atoms with Gasteiger partial charge in [0.1, 0.15) is 15.3 Å². The highest BCUT2D eigenvalue weighted by Crippen LogP contribution is 2.45. The molecule has 0 bridgehead atoms. The molecule has 1 saturated heterocycles. The molecule has 0 aliphatic carbocycles. The van der Waals surface area contributed by atoms with Crippen LogP contribution < -0.4 is 15.5 Å². The SMILES string of the molecule is CC(C)(C)OC(=O)N1CC[C@H](NC(=O)c2sc3nccc4c3c2NC(=O)N4c2ccc(-c3ccccc3)cc2)[C@@H](O)C1. The molecule has 3 N–H and O–H groups in total. The van der Waals surface area contributed by atoms with Crippen LogP contribution in [0.15, 0.2) is 66.9 Å². The number of pyridine rings is 1. The number of hydrogen-bond acceptors (Lipinski definition) is 7. The number of amides is 4. The van der Waals surface area contributed by atoms with E-state index in [-0.39, 0.29) is 12.6 Å². The van der Waals surface area contributed by atoms with Crippen LogP contribution in [0.25, 0.3) is 21.3 Å². The zero-order valence-corrected chi connectivity index (χ0v) is 24.3. The van der Waals surface area contributed by atoms with Crippen LogP contribution >= 0.6 is 11.3 Å². The molecular weight excluding hydrogens is 554 g/mol. The van der Waals surface area contributed by atoms with Crippen LogP contribution in [0.5, 0.6) is 0 Å². The van der Waals surface area contributed by atoms with Crippen LogP contribution in [0.3, 0.4) is 0 Å². The first-order valence-corrected chi connectivity index (χ1v) is 14.6. The van der Waals surface area contributed by atoms with Crippen molar-refractivity contribution in [3.05, 3.63) is 71.7 Å². The van der Waals surface area contributed by atoms with Gasteiger partial charge in [0, 0.05) is 12.7 Å². The molecule has 2 aliphatic heterocycles. The minimum atomic E-state index is -0.974. The third-order valence-corrected chi connectivity index (χ3v) is 8.33. The van der Waals surface area contributed by atoms with Crippen LogP contribution in [0.2, 0.25) is 0 Å². The number of hydrogen-bond donors (Lipinski definition) is 3. The molecule has 1 fully saturated rings. The van der Waals surface area contributed by atoms with Crippen molar-refractivity contribution >= 4 is 56.6 Å². The van der Waals surface area contributed by atoms with E-state index in [1.165, 1.54) is 16.2 Å². The number of nitrogens with one attached hydrogen (secondary N) is 2. The van der Waals surface area contributed by atoms with E-state index in [1.807, 2.05) is 54.6 Å². The molecule has 0 saturated carbocycles. The highest BCUT2D eigenvalue weighted by Gasteiger charge is 2.36. The minimum Gasteiger partial charge on any atom is -0.444 e. The van der Waals surface area contributed by atoms with Gasteiger partial charge in [0.25, 0.3) is 5.91 Å². The highest BCUT2D eigenvalue weighted by atomic mass is 32.1. The van der Waals surface area contributed by atoms with Gasteiger partial charge in [-0.25, -0.2) is 14.6 Å². The van der Waals surface area contributed by atoms with E-state index in [9.17, 15) is 19.5 Å². The monoisotopic (exact) mass is 585 g/mol. The number of piperidine rings is 1. The van der Waals surface area contributed by atoms with Crippen molar-refractivity contribution in [3.63, 3.8) is 0 Å². The molecule has 2 aromatic carbocycles. The van der Waals surface area contributed by atoms with Crippen molar-refractivity contribution in [3.8, 4) is 11.1 Å². The molecule has 4 amide bonds. The normalized spacial score (nSPS) is 18.5. The Kier molecular flexibility index (Phi) is 7.07. The molecule has 4 aromatic rings. The molecule has 42 heavy (non-hydrogen) atoms. The molecule has 216 valence electrons. The summed E-state index contributed by atoms with van der Waals surface area (Å²) in [5.74, 6) is -0.422. The highest BCUT2D eigenvalue weighted by molar-refractivity contribution is 7.21. The molecule has 2 aromatic heterocycles. The first-order valence-electron chi connectivity index (χ1n) is 13.7. The molecule has 0 spiro atoms. The predicted octanol–water partition coefficient (Wildman–Crippen LogP) is 5.75. The van der Waals surface area contributed by atoms with Gasteiger partial charge in [0.05, 0.1) is 41.1 Å². The number of aliphatic hydroxyl groups excluding tert-OH is 1. The van der Waals surface area contributed by atoms with Crippen molar-refractivity contribution in [2.75, 3.05) is 23.3 Å². The number of anilines is 3. The van der Waals surface area contributed by atoms with Gasteiger partial charge < -0.3 is 25.4 Å². The molecule has 0 radical (unpaired) electrons. The lowest BCUT2D eigenvalue weighted by Crippen LogP contribution is -2.55. The lowest BCUT2D eigenvalue weighted by atomic mass is 10.0. The molecule has 0 unspecified atom stereocenters. The zero-order valence-electron chi connectivity index (χ0n) is 23.5. The smallest absolute Gasteiger partial charge is 0.410 e. The summed E-state index contributed by atoms with van der Waals surface area (Å²) < 4.78 is 5.41. The fourth-order valence-electron chi connectivity index (χ4n) is 5.26. The molecule has 4 heterocycles. The van der Waals surface area contributed by atoms with Crippen LogP contribution in [0.4, 0.5) is 26.7 Å². The van der Waals surface area contributed by atoms with Gasteiger partial charge in [-0.2, -0.15) is 0 Å². The standard InChI is InChI=1S/C31H31N5O5S/c1-31(2,3)41-30(40)35-16-14-21(23(37)17-35)33-27(38)26-25-24-22(13-15-32-28(24)42-26)36(29(39)34-25)20-11-9-19(10-12-20)18-7-5-4-6-8-18/h4-13,15,21,23,37H,14,16-17H2,1-3H3,(H,33,38)(H,34,39)/t21-,23-/m0/s1. The Balaban J connectivity index is 1.22. The first kappa shape index (κ1) is 27.7. The Morgan fingerprint density at radius 2 is 1.79 bits per heavy atom. The van der Waals surface area contributed by atoms with Crippen molar-refractivity contribution in [1.82, 2.24) is 15.2 Å². The number of ether oxygens (including phenoxy) is 1. The maximum absolute atomic E-state index is 13.5. The Labute approximate surface area is 246 Å². The Morgan fingerprint density at radius 1 is 1.07 bits per heavy atom. The average molecular weight is 586 g/mol. The van der Waals surface area contributed by atoms with Gasteiger partial charge in [0.2, 0.25) is 0 Å². The number of rotatable bonds is 4. The molecule has 2 atom stereocenters. The van der Waals surface area contributed by atoms with E-state index in [0.717, 1.165) is 11.1 Å². The second-order valence-corrected chi connectivity index (χ2v) is 12.4. The number of carbonyl (C=O) groups excluding carboxylic acids is 3. The van der Waals surface area contributed by atoms with Gasteiger partial charge >= 0.3 is 12.1 Å². The summed E-state index contributed by atoms with van der Waals surface area (Å²) in [5.41, 5.74) is 3.18. The number of thiophene rings is 1.